The van der Waals surface area contributed by atoms with Crippen LogP contribution in [-0.4, -0.2) is 19.1 Å². The van der Waals surface area contributed by atoms with Crippen LogP contribution in [-0.2, 0) is 16.1 Å². The molecule has 2 aromatic rings. The van der Waals surface area contributed by atoms with Crippen molar-refractivity contribution in [1.29, 1.82) is 0 Å². The van der Waals surface area contributed by atoms with Crippen molar-refractivity contribution in [2.45, 2.75) is 26.5 Å². The molecule has 1 aromatic heterocycles. The van der Waals surface area contributed by atoms with Gasteiger partial charge in [-0.15, -0.1) is 11.3 Å². The van der Waals surface area contributed by atoms with Gasteiger partial charge in [-0.05, 0) is 48.0 Å². The van der Waals surface area contributed by atoms with Crippen LogP contribution in [0, 0.1) is 6.92 Å². The standard InChI is InChI=1S/C19H19BrN2O4S/c1-10-16(18(23)25-3)17(22-19(24)21-10)15-8-12(11(2)27-15)9-26-14-7-5-4-6-13(14)20/h4-8,17H,9H2,1-3H3,(H2,21,22,24). The first-order valence-electron chi connectivity index (χ1n) is 8.23. The largest absolute Gasteiger partial charge is 0.488 e. The molecule has 0 saturated carbocycles. The Hall–Kier alpha value is -2.32. The summed E-state index contributed by atoms with van der Waals surface area (Å²) in [5.74, 6) is 0.285. The third kappa shape index (κ3) is 4.17. The zero-order valence-electron chi connectivity index (χ0n) is 15.1. The molecule has 1 aromatic carbocycles. The fourth-order valence-corrected chi connectivity index (χ4v) is 4.33. The minimum atomic E-state index is -0.549. The topological polar surface area (TPSA) is 76.7 Å². The molecule has 0 spiro atoms. The van der Waals surface area contributed by atoms with Gasteiger partial charge < -0.3 is 20.1 Å². The number of rotatable bonds is 5. The Morgan fingerprint density at radius 2 is 2.04 bits per heavy atom. The Morgan fingerprint density at radius 1 is 1.30 bits per heavy atom. The number of urea groups is 1. The number of thiophene rings is 1. The molecule has 3 rings (SSSR count). The predicted octanol–water partition coefficient (Wildman–Crippen LogP) is 4.20. The minimum absolute atomic E-state index is 0.345. The van der Waals surface area contributed by atoms with E-state index < -0.39 is 12.0 Å². The van der Waals surface area contributed by atoms with Crippen LogP contribution in [0.25, 0.3) is 0 Å². The van der Waals surface area contributed by atoms with Crippen LogP contribution in [0.5, 0.6) is 5.75 Å². The average Bonchev–Trinajstić information content (AvgIpc) is 3.00. The van der Waals surface area contributed by atoms with E-state index in [0.717, 1.165) is 25.5 Å². The molecule has 2 N–H and O–H groups in total. The number of hydrogen-bond donors (Lipinski definition) is 2. The summed E-state index contributed by atoms with van der Waals surface area (Å²) in [5, 5.41) is 5.43. The highest BCUT2D eigenvalue weighted by Gasteiger charge is 2.33. The molecule has 1 aliphatic heterocycles. The fraction of sp³-hybridized carbons (Fsp3) is 0.263. The number of halogens is 1. The summed E-state index contributed by atoms with van der Waals surface area (Å²) in [6.45, 7) is 4.07. The lowest BCUT2D eigenvalue weighted by molar-refractivity contribution is -0.136. The smallest absolute Gasteiger partial charge is 0.338 e. The molecular formula is C19H19BrN2O4S. The second kappa shape index (κ2) is 8.14. The second-order valence-electron chi connectivity index (χ2n) is 6.01. The molecule has 0 radical (unpaired) electrons. The zero-order valence-corrected chi connectivity index (χ0v) is 17.5. The van der Waals surface area contributed by atoms with Crippen molar-refractivity contribution in [1.82, 2.24) is 10.6 Å². The Balaban J connectivity index is 1.86. The molecule has 1 unspecified atom stereocenters. The van der Waals surface area contributed by atoms with Gasteiger partial charge in [-0.2, -0.15) is 0 Å². The second-order valence-corrected chi connectivity index (χ2v) is 8.15. The lowest BCUT2D eigenvalue weighted by Crippen LogP contribution is -2.45. The van der Waals surface area contributed by atoms with Gasteiger partial charge in [0.25, 0.3) is 0 Å². The van der Waals surface area contributed by atoms with Gasteiger partial charge in [0.05, 0.1) is 23.2 Å². The van der Waals surface area contributed by atoms with E-state index in [1.54, 1.807) is 6.92 Å². The van der Waals surface area contributed by atoms with Crippen molar-refractivity contribution in [3.05, 3.63) is 61.4 Å². The van der Waals surface area contributed by atoms with Crippen LogP contribution in [0.2, 0.25) is 0 Å². The first-order chi connectivity index (χ1) is 12.9. The molecule has 2 heterocycles. The Bertz CT molecular complexity index is 922. The lowest BCUT2D eigenvalue weighted by atomic mass is 10.0. The summed E-state index contributed by atoms with van der Waals surface area (Å²) < 4.78 is 11.7. The number of carbonyl (C=O) groups is 2. The number of methoxy groups -OCH3 is 1. The van der Waals surface area contributed by atoms with Gasteiger partial charge in [0.15, 0.2) is 0 Å². The number of benzene rings is 1. The Labute approximate surface area is 169 Å². The summed E-state index contributed by atoms with van der Waals surface area (Å²) >= 11 is 4.99. The van der Waals surface area contributed by atoms with E-state index in [-0.39, 0.29) is 6.03 Å². The number of para-hydroxylation sites is 1. The van der Waals surface area contributed by atoms with Crippen molar-refractivity contribution in [2.24, 2.45) is 0 Å². The van der Waals surface area contributed by atoms with Crippen LogP contribution in [0.4, 0.5) is 4.79 Å². The highest BCUT2D eigenvalue weighted by Crippen LogP contribution is 2.35. The molecule has 0 aliphatic carbocycles. The Morgan fingerprint density at radius 3 is 2.74 bits per heavy atom. The van der Waals surface area contributed by atoms with Gasteiger partial charge in [-0.1, -0.05) is 12.1 Å². The predicted molar refractivity (Wildman–Crippen MR) is 107 cm³/mol. The van der Waals surface area contributed by atoms with Gasteiger partial charge in [-0.3, -0.25) is 0 Å². The van der Waals surface area contributed by atoms with Crippen LogP contribution >= 0.6 is 27.3 Å². The first kappa shape index (κ1) is 19.4. The summed E-state index contributed by atoms with van der Waals surface area (Å²) in [7, 11) is 1.33. The van der Waals surface area contributed by atoms with E-state index >= 15 is 0 Å². The summed E-state index contributed by atoms with van der Waals surface area (Å²) in [6.07, 6.45) is 0. The van der Waals surface area contributed by atoms with Crippen molar-refractivity contribution < 1.29 is 19.1 Å². The average molecular weight is 451 g/mol. The molecule has 1 aliphatic rings. The molecule has 0 saturated heterocycles. The highest BCUT2D eigenvalue weighted by atomic mass is 79.9. The number of hydrogen-bond acceptors (Lipinski definition) is 5. The molecule has 0 fully saturated rings. The maximum Gasteiger partial charge on any atom is 0.338 e. The Kier molecular flexibility index (Phi) is 5.86. The van der Waals surface area contributed by atoms with Gasteiger partial charge in [-0.25, -0.2) is 9.59 Å². The maximum absolute atomic E-state index is 12.2. The van der Waals surface area contributed by atoms with Crippen molar-refractivity contribution in [3.63, 3.8) is 0 Å². The van der Waals surface area contributed by atoms with Crippen molar-refractivity contribution in [3.8, 4) is 5.75 Å². The number of ether oxygens (including phenoxy) is 2. The molecule has 27 heavy (non-hydrogen) atoms. The molecule has 6 nitrogen and oxygen atoms in total. The van der Waals surface area contributed by atoms with E-state index in [1.807, 2.05) is 37.3 Å². The number of nitrogens with one attached hydrogen (secondary N) is 2. The van der Waals surface area contributed by atoms with Crippen LogP contribution in [0.1, 0.15) is 28.3 Å². The number of esters is 1. The summed E-state index contributed by atoms with van der Waals surface area (Å²) in [5.41, 5.74) is 1.89. The fourth-order valence-electron chi connectivity index (χ4n) is 2.84. The third-order valence-electron chi connectivity index (χ3n) is 4.22. The maximum atomic E-state index is 12.2. The summed E-state index contributed by atoms with van der Waals surface area (Å²) in [6, 6.07) is 8.71. The van der Waals surface area contributed by atoms with Gasteiger partial charge >= 0.3 is 12.0 Å². The molecular weight excluding hydrogens is 432 g/mol. The normalized spacial score (nSPS) is 16.6. The number of aryl methyl sites for hydroxylation is 1. The lowest BCUT2D eigenvalue weighted by Gasteiger charge is -2.26. The molecule has 8 heteroatoms. The quantitative estimate of drug-likeness (QED) is 0.669. The molecule has 0 bridgehead atoms. The van der Waals surface area contributed by atoms with E-state index in [4.69, 9.17) is 9.47 Å². The van der Waals surface area contributed by atoms with E-state index in [2.05, 4.69) is 26.6 Å². The van der Waals surface area contributed by atoms with Crippen LogP contribution in [0.15, 0.2) is 46.1 Å². The molecule has 2 amide bonds. The van der Waals surface area contributed by atoms with Crippen LogP contribution < -0.4 is 15.4 Å². The summed E-state index contributed by atoms with van der Waals surface area (Å²) in [4.78, 5) is 26.0. The zero-order chi connectivity index (χ0) is 19.6. The van der Waals surface area contributed by atoms with Gasteiger partial charge in [0.2, 0.25) is 0 Å². The van der Waals surface area contributed by atoms with Gasteiger partial charge in [0.1, 0.15) is 12.4 Å². The van der Waals surface area contributed by atoms with E-state index in [9.17, 15) is 9.59 Å². The molecule has 142 valence electrons. The SMILES string of the molecule is COC(=O)C1=C(C)NC(=O)NC1c1cc(COc2ccccc2Br)c(C)s1. The number of carbonyl (C=O) groups excluding carboxylic acids is 2. The van der Waals surface area contributed by atoms with Crippen LogP contribution in [0.3, 0.4) is 0 Å². The first-order valence-corrected chi connectivity index (χ1v) is 9.84. The van der Waals surface area contributed by atoms with E-state index in [1.165, 1.54) is 18.4 Å². The van der Waals surface area contributed by atoms with Crippen molar-refractivity contribution in [2.75, 3.05) is 7.11 Å². The molecule has 1 atom stereocenters. The third-order valence-corrected chi connectivity index (χ3v) is 6.03. The number of amides is 2. The van der Waals surface area contributed by atoms with E-state index in [0.29, 0.717) is 17.9 Å². The highest BCUT2D eigenvalue weighted by molar-refractivity contribution is 9.10. The number of allylic oxidation sites excluding steroid dienone is 1. The minimum Gasteiger partial charge on any atom is -0.488 e. The van der Waals surface area contributed by atoms with Gasteiger partial charge in [0, 0.05) is 21.0 Å². The van der Waals surface area contributed by atoms with Crippen molar-refractivity contribution >= 4 is 39.3 Å². The monoisotopic (exact) mass is 450 g/mol.